The normalized spacial score (nSPS) is 22.0. The summed E-state index contributed by atoms with van der Waals surface area (Å²) in [7, 11) is 0. The average molecular weight is 275 g/mol. The lowest BCUT2D eigenvalue weighted by molar-refractivity contribution is -0.150. The van der Waals surface area contributed by atoms with E-state index in [9.17, 15) is 9.59 Å². The van der Waals surface area contributed by atoms with Gasteiger partial charge in [0.15, 0.2) is 6.10 Å². The number of fused-ring (bicyclic) bond motifs is 1. The summed E-state index contributed by atoms with van der Waals surface area (Å²) < 4.78 is 5.20. The molecule has 7 nitrogen and oxygen atoms in total. The molecule has 0 saturated carbocycles. The van der Waals surface area contributed by atoms with Crippen molar-refractivity contribution in [1.29, 1.82) is 0 Å². The molecule has 3 N–H and O–H groups in total. The van der Waals surface area contributed by atoms with Crippen molar-refractivity contribution >= 4 is 28.5 Å². The zero-order chi connectivity index (χ0) is 14.1. The molecule has 2 atom stereocenters. The predicted molar refractivity (Wildman–Crippen MR) is 70.3 cm³/mol. The molecule has 1 aliphatic heterocycles. The van der Waals surface area contributed by atoms with E-state index in [0.29, 0.717) is 18.5 Å². The highest BCUT2D eigenvalue weighted by Crippen LogP contribution is 2.22. The summed E-state index contributed by atoms with van der Waals surface area (Å²) in [5, 5.41) is 19.2. The molecular weight excluding hydrogens is 262 g/mol. The second-order valence-electron chi connectivity index (χ2n) is 4.69. The Balaban J connectivity index is 1.68. The van der Waals surface area contributed by atoms with Gasteiger partial charge in [-0.15, -0.1) is 0 Å². The van der Waals surface area contributed by atoms with E-state index >= 15 is 0 Å². The standard InChI is InChI=1S/C13H13N3O4/c17-12(10-3-4-11(20-10)13(18)19)15-8-2-1-7-6-14-16-9(7)5-8/h1-2,5-6,10-11H,3-4H2,(H,14,16)(H,15,17)(H,18,19)/t10-,11+/m0/s1. The molecule has 7 heteroatoms. The Labute approximate surface area is 113 Å². The summed E-state index contributed by atoms with van der Waals surface area (Å²) in [6.45, 7) is 0. The zero-order valence-corrected chi connectivity index (χ0v) is 10.5. The molecule has 2 heterocycles. The SMILES string of the molecule is O=C(Nc1ccc2cn[nH]c2c1)[C@@H]1CC[C@H](C(=O)O)O1. The number of anilines is 1. The first-order valence-electron chi connectivity index (χ1n) is 6.26. The number of amides is 1. The minimum absolute atomic E-state index is 0.326. The van der Waals surface area contributed by atoms with Crippen molar-refractivity contribution in [2.75, 3.05) is 5.32 Å². The second-order valence-corrected chi connectivity index (χ2v) is 4.69. The van der Waals surface area contributed by atoms with Crippen molar-refractivity contribution in [3.05, 3.63) is 24.4 Å². The minimum atomic E-state index is -1.03. The summed E-state index contributed by atoms with van der Waals surface area (Å²) in [5.41, 5.74) is 1.44. The van der Waals surface area contributed by atoms with Crippen LogP contribution in [0.5, 0.6) is 0 Å². The van der Waals surface area contributed by atoms with Gasteiger partial charge in [0.2, 0.25) is 0 Å². The van der Waals surface area contributed by atoms with E-state index in [0.717, 1.165) is 10.9 Å². The van der Waals surface area contributed by atoms with Crippen molar-refractivity contribution in [2.24, 2.45) is 0 Å². The highest BCUT2D eigenvalue weighted by molar-refractivity contribution is 5.96. The Morgan fingerprint density at radius 3 is 2.90 bits per heavy atom. The summed E-state index contributed by atoms with van der Waals surface area (Å²) in [5.74, 6) is -1.35. The molecule has 0 bridgehead atoms. The Hall–Kier alpha value is -2.41. The van der Waals surface area contributed by atoms with Crippen molar-refractivity contribution in [3.63, 3.8) is 0 Å². The monoisotopic (exact) mass is 275 g/mol. The van der Waals surface area contributed by atoms with Crippen LogP contribution < -0.4 is 5.32 Å². The fourth-order valence-electron chi connectivity index (χ4n) is 2.25. The molecule has 2 aromatic rings. The maximum absolute atomic E-state index is 12.0. The number of carboxylic acids is 1. The average Bonchev–Trinajstić information content (AvgIpc) is 3.07. The van der Waals surface area contributed by atoms with Gasteiger partial charge in [0, 0.05) is 11.1 Å². The quantitative estimate of drug-likeness (QED) is 0.779. The molecule has 1 amide bonds. The van der Waals surface area contributed by atoms with Crippen LogP contribution in [0.3, 0.4) is 0 Å². The first-order valence-corrected chi connectivity index (χ1v) is 6.26. The number of H-pyrrole nitrogens is 1. The van der Waals surface area contributed by atoms with Crippen LogP contribution in [0.1, 0.15) is 12.8 Å². The number of carboxylic acid groups (broad SMARTS) is 1. The molecule has 1 fully saturated rings. The Kier molecular flexibility index (Phi) is 3.11. The molecule has 104 valence electrons. The zero-order valence-electron chi connectivity index (χ0n) is 10.5. The Morgan fingerprint density at radius 1 is 1.35 bits per heavy atom. The van der Waals surface area contributed by atoms with Crippen LogP contribution in [0.4, 0.5) is 5.69 Å². The molecular formula is C13H13N3O4. The van der Waals surface area contributed by atoms with Gasteiger partial charge in [0.1, 0.15) is 6.10 Å². The lowest BCUT2D eigenvalue weighted by Crippen LogP contribution is -2.29. The van der Waals surface area contributed by atoms with E-state index in [4.69, 9.17) is 9.84 Å². The van der Waals surface area contributed by atoms with E-state index in [2.05, 4.69) is 15.5 Å². The fraction of sp³-hybridized carbons (Fsp3) is 0.308. The number of hydrogen-bond acceptors (Lipinski definition) is 4. The number of rotatable bonds is 3. The molecule has 3 rings (SSSR count). The number of ether oxygens (including phenoxy) is 1. The lowest BCUT2D eigenvalue weighted by Gasteiger charge is -2.11. The van der Waals surface area contributed by atoms with Gasteiger partial charge in [-0.2, -0.15) is 5.10 Å². The number of aromatic nitrogens is 2. The summed E-state index contributed by atoms with van der Waals surface area (Å²) in [6.07, 6.45) is 0.857. The first kappa shape index (κ1) is 12.6. The van der Waals surface area contributed by atoms with Crippen LogP contribution in [0, 0.1) is 0 Å². The second kappa shape index (κ2) is 4.93. The van der Waals surface area contributed by atoms with Gasteiger partial charge < -0.3 is 15.2 Å². The molecule has 0 spiro atoms. The van der Waals surface area contributed by atoms with E-state index in [1.807, 2.05) is 6.07 Å². The third kappa shape index (κ3) is 2.35. The molecule has 1 aromatic heterocycles. The molecule has 1 aliphatic rings. The van der Waals surface area contributed by atoms with Gasteiger partial charge in [0.25, 0.3) is 5.91 Å². The molecule has 1 saturated heterocycles. The van der Waals surface area contributed by atoms with Gasteiger partial charge >= 0.3 is 5.97 Å². The van der Waals surface area contributed by atoms with Crippen molar-refractivity contribution < 1.29 is 19.4 Å². The smallest absolute Gasteiger partial charge is 0.332 e. The Bertz CT molecular complexity index is 666. The number of nitrogens with one attached hydrogen (secondary N) is 2. The number of carbonyl (C=O) groups excluding carboxylic acids is 1. The van der Waals surface area contributed by atoms with Gasteiger partial charge in [-0.05, 0) is 31.0 Å². The maximum atomic E-state index is 12.0. The fourth-order valence-corrected chi connectivity index (χ4v) is 2.25. The lowest BCUT2D eigenvalue weighted by atomic mass is 10.2. The van der Waals surface area contributed by atoms with E-state index in [1.54, 1.807) is 18.3 Å². The van der Waals surface area contributed by atoms with Gasteiger partial charge in [-0.3, -0.25) is 9.89 Å². The number of carbonyl (C=O) groups is 2. The summed E-state index contributed by atoms with van der Waals surface area (Å²) >= 11 is 0. The first-order chi connectivity index (χ1) is 9.63. The maximum Gasteiger partial charge on any atom is 0.332 e. The van der Waals surface area contributed by atoms with E-state index in [-0.39, 0.29) is 5.91 Å². The largest absolute Gasteiger partial charge is 0.479 e. The molecule has 20 heavy (non-hydrogen) atoms. The minimum Gasteiger partial charge on any atom is -0.479 e. The highest BCUT2D eigenvalue weighted by atomic mass is 16.5. The number of aliphatic carboxylic acids is 1. The van der Waals surface area contributed by atoms with Crippen LogP contribution in [-0.4, -0.2) is 39.4 Å². The number of aromatic amines is 1. The summed E-state index contributed by atoms with van der Waals surface area (Å²) in [6, 6.07) is 5.37. The van der Waals surface area contributed by atoms with Gasteiger partial charge in [-0.25, -0.2) is 4.79 Å². The number of hydrogen-bond donors (Lipinski definition) is 3. The number of benzene rings is 1. The van der Waals surface area contributed by atoms with Crippen LogP contribution in [0.25, 0.3) is 10.9 Å². The topological polar surface area (TPSA) is 104 Å². The van der Waals surface area contributed by atoms with Crippen LogP contribution in [0.15, 0.2) is 24.4 Å². The molecule has 0 radical (unpaired) electrons. The van der Waals surface area contributed by atoms with Gasteiger partial charge in [-0.1, -0.05) is 0 Å². The van der Waals surface area contributed by atoms with Crippen LogP contribution in [0.2, 0.25) is 0 Å². The van der Waals surface area contributed by atoms with Crippen LogP contribution >= 0.6 is 0 Å². The molecule has 0 aliphatic carbocycles. The van der Waals surface area contributed by atoms with Crippen LogP contribution in [-0.2, 0) is 14.3 Å². The van der Waals surface area contributed by atoms with Gasteiger partial charge in [0.05, 0.1) is 11.7 Å². The number of nitrogens with zero attached hydrogens (tertiary/aromatic N) is 1. The predicted octanol–water partition coefficient (Wildman–Crippen LogP) is 1.13. The van der Waals surface area contributed by atoms with E-state index in [1.165, 1.54) is 0 Å². The molecule has 0 unspecified atom stereocenters. The summed E-state index contributed by atoms with van der Waals surface area (Å²) in [4.78, 5) is 22.8. The molecule has 1 aromatic carbocycles. The van der Waals surface area contributed by atoms with Crippen molar-refractivity contribution in [2.45, 2.75) is 25.0 Å². The van der Waals surface area contributed by atoms with Crippen molar-refractivity contribution in [1.82, 2.24) is 10.2 Å². The highest BCUT2D eigenvalue weighted by Gasteiger charge is 2.34. The van der Waals surface area contributed by atoms with Crippen molar-refractivity contribution in [3.8, 4) is 0 Å². The third-order valence-electron chi connectivity index (χ3n) is 3.30. The Morgan fingerprint density at radius 2 is 2.15 bits per heavy atom. The van der Waals surface area contributed by atoms with E-state index < -0.39 is 18.2 Å². The third-order valence-corrected chi connectivity index (χ3v) is 3.30.